The lowest BCUT2D eigenvalue weighted by Gasteiger charge is -1.99. The second kappa shape index (κ2) is 3.42. The molecule has 0 fully saturated rings. The number of H-pyrrole nitrogens is 1. The van der Waals surface area contributed by atoms with Crippen LogP contribution in [-0.4, -0.2) is 10.1 Å². The molecule has 0 radical (unpaired) electrons. The van der Waals surface area contributed by atoms with E-state index in [1.165, 1.54) is 0 Å². The van der Waals surface area contributed by atoms with Gasteiger partial charge in [0.15, 0.2) is 5.82 Å². The molecule has 0 saturated carbocycles. The molecule has 0 aliphatic rings. The molecule has 5 heteroatoms. The van der Waals surface area contributed by atoms with Gasteiger partial charge in [-0.25, -0.2) is 4.79 Å². The number of halogens is 1. The predicted octanol–water partition coefficient (Wildman–Crippen LogP) is 2.10. The topological polar surface area (TPSA) is 58.9 Å². The van der Waals surface area contributed by atoms with Gasteiger partial charge in [0.25, 0.3) is 0 Å². The molecule has 0 spiro atoms. The Bertz CT molecular complexity index is 516. The van der Waals surface area contributed by atoms with E-state index in [1.807, 2.05) is 25.1 Å². The molecule has 72 valence electrons. The Morgan fingerprint density at radius 2 is 2.29 bits per heavy atom. The number of hydrogen-bond donors (Lipinski definition) is 1. The third-order valence-electron chi connectivity index (χ3n) is 1.89. The summed E-state index contributed by atoms with van der Waals surface area (Å²) < 4.78 is 5.38. The van der Waals surface area contributed by atoms with Crippen molar-refractivity contribution < 1.29 is 4.52 Å². The van der Waals surface area contributed by atoms with Crippen LogP contribution in [-0.2, 0) is 0 Å². The fourth-order valence-corrected chi connectivity index (χ4v) is 1.47. The first kappa shape index (κ1) is 9.21. The van der Waals surface area contributed by atoms with Gasteiger partial charge in [-0.2, -0.15) is 0 Å². The summed E-state index contributed by atoms with van der Waals surface area (Å²) in [6, 6.07) is 5.68. The van der Waals surface area contributed by atoms with E-state index in [4.69, 9.17) is 0 Å². The van der Waals surface area contributed by atoms with Crippen LogP contribution in [0.2, 0.25) is 0 Å². The van der Waals surface area contributed by atoms with Crippen molar-refractivity contribution in [3.63, 3.8) is 0 Å². The monoisotopic (exact) mass is 254 g/mol. The molecule has 0 bridgehead atoms. The number of aromatic nitrogens is 2. The quantitative estimate of drug-likeness (QED) is 0.848. The van der Waals surface area contributed by atoms with Gasteiger partial charge in [-0.3, -0.25) is 9.51 Å². The van der Waals surface area contributed by atoms with Crippen molar-refractivity contribution in [2.75, 3.05) is 0 Å². The van der Waals surface area contributed by atoms with Crippen molar-refractivity contribution >= 4 is 15.9 Å². The molecule has 0 aliphatic heterocycles. The Morgan fingerprint density at radius 1 is 1.50 bits per heavy atom. The number of nitrogens with one attached hydrogen (secondary N) is 1. The second-order valence-corrected chi connectivity index (χ2v) is 3.76. The van der Waals surface area contributed by atoms with Crippen LogP contribution >= 0.6 is 15.9 Å². The van der Waals surface area contributed by atoms with Crippen LogP contribution in [0.1, 0.15) is 5.56 Å². The molecule has 0 amide bonds. The summed E-state index contributed by atoms with van der Waals surface area (Å²) >= 11 is 3.40. The summed E-state index contributed by atoms with van der Waals surface area (Å²) in [5.74, 6) is -0.104. The maximum absolute atomic E-state index is 10.7. The highest BCUT2D eigenvalue weighted by molar-refractivity contribution is 9.10. The Morgan fingerprint density at radius 3 is 2.86 bits per heavy atom. The van der Waals surface area contributed by atoms with Gasteiger partial charge >= 0.3 is 5.76 Å². The average Bonchev–Trinajstić information content (AvgIpc) is 2.57. The minimum absolute atomic E-state index is 0.440. The van der Waals surface area contributed by atoms with Gasteiger partial charge < -0.3 is 0 Å². The van der Waals surface area contributed by atoms with E-state index in [-0.39, 0.29) is 0 Å². The number of hydrogen-bond acceptors (Lipinski definition) is 3. The Kier molecular flexibility index (Phi) is 2.25. The summed E-state index contributed by atoms with van der Waals surface area (Å²) in [5.41, 5.74) is 1.94. The fraction of sp³-hybridized carbons (Fsp3) is 0.111. The van der Waals surface area contributed by atoms with Gasteiger partial charge in [0, 0.05) is 10.0 Å². The van der Waals surface area contributed by atoms with E-state index >= 15 is 0 Å². The van der Waals surface area contributed by atoms with Crippen molar-refractivity contribution in [3.8, 4) is 11.4 Å². The van der Waals surface area contributed by atoms with Gasteiger partial charge in [-0.05, 0) is 18.6 Å². The molecule has 1 aromatic heterocycles. The lowest BCUT2D eigenvalue weighted by molar-refractivity contribution is 0.388. The van der Waals surface area contributed by atoms with Crippen molar-refractivity contribution in [3.05, 3.63) is 38.8 Å². The molecule has 1 aromatic carbocycles. The standard InChI is InChI=1S/C9H7BrN2O2/c1-5-2-3-6(4-7(5)10)8-11-9(13)14-12-8/h2-4H,1H3,(H,11,12,13). The predicted molar refractivity (Wildman–Crippen MR) is 55.0 cm³/mol. The van der Waals surface area contributed by atoms with E-state index in [1.54, 1.807) is 0 Å². The third kappa shape index (κ3) is 1.63. The zero-order chi connectivity index (χ0) is 10.1. The Balaban J connectivity index is 2.52. The van der Waals surface area contributed by atoms with E-state index in [9.17, 15) is 4.79 Å². The first-order chi connectivity index (χ1) is 6.66. The highest BCUT2D eigenvalue weighted by atomic mass is 79.9. The molecule has 1 N–H and O–H groups in total. The van der Waals surface area contributed by atoms with E-state index in [2.05, 4.69) is 30.6 Å². The zero-order valence-corrected chi connectivity index (χ0v) is 8.96. The van der Waals surface area contributed by atoms with E-state index in [0.29, 0.717) is 5.82 Å². The Hall–Kier alpha value is -1.36. The molecule has 4 nitrogen and oxygen atoms in total. The van der Waals surface area contributed by atoms with Crippen LogP contribution in [0, 0.1) is 6.92 Å². The van der Waals surface area contributed by atoms with E-state index in [0.717, 1.165) is 15.6 Å². The Labute approximate surface area is 88.1 Å². The van der Waals surface area contributed by atoms with Crippen LogP contribution in [0.3, 0.4) is 0 Å². The molecule has 0 atom stereocenters. The highest BCUT2D eigenvalue weighted by Crippen LogP contribution is 2.22. The maximum atomic E-state index is 10.7. The van der Waals surface area contributed by atoms with Crippen LogP contribution in [0.5, 0.6) is 0 Å². The largest absolute Gasteiger partial charge is 0.439 e. The normalized spacial score (nSPS) is 10.4. The third-order valence-corrected chi connectivity index (χ3v) is 2.74. The molecule has 0 aliphatic carbocycles. The molecule has 14 heavy (non-hydrogen) atoms. The highest BCUT2D eigenvalue weighted by Gasteiger charge is 2.05. The minimum Gasteiger partial charge on any atom is -0.296 e. The van der Waals surface area contributed by atoms with Gasteiger partial charge in [0.05, 0.1) is 0 Å². The van der Waals surface area contributed by atoms with Crippen molar-refractivity contribution in [1.29, 1.82) is 0 Å². The number of aromatic amines is 1. The van der Waals surface area contributed by atoms with Crippen molar-refractivity contribution in [1.82, 2.24) is 10.1 Å². The summed E-state index contributed by atoms with van der Waals surface area (Å²) in [4.78, 5) is 13.2. The zero-order valence-electron chi connectivity index (χ0n) is 7.37. The van der Waals surface area contributed by atoms with Crippen LogP contribution in [0.15, 0.2) is 32.0 Å². The number of aryl methyl sites for hydroxylation is 1. The average molecular weight is 255 g/mol. The van der Waals surface area contributed by atoms with Gasteiger partial charge in [-0.1, -0.05) is 33.2 Å². The summed E-state index contributed by atoms with van der Waals surface area (Å²) in [7, 11) is 0. The van der Waals surface area contributed by atoms with E-state index < -0.39 is 5.76 Å². The van der Waals surface area contributed by atoms with Gasteiger partial charge in [0.2, 0.25) is 0 Å². The lowest BCUT2D eigenvalue weighted by atomic mass is 10.1. The molecule has 0 saturated heterocycles. The molecule has 2 rings (SSSR count). The lowest BCUT2D eigenvalue weighted by Crippen LogP contribution is -1.94. The van der Waals surface area contributed by atoms with Crippen molar-refractivity contribution in [2.24, 2.45) is 0 Å². The first-order valence-corrected chi connectivity index (χ1v) is 4.78. The van der Waals surface area contributed by atoms with Gasteiger partial charge in [-0.15, -0.1) is 0 Å². The van der Waals surface area contributed by atoms with Crippen LogP contribution in [0.25, 0.3) is 11.4 Å². The SMILES string of the molecule is Cc1ccc(-c2noc(=O)[nH]2)cc1Br. The minimum atomic E-state index is -0.545. The smallest absolute Gasteiger partial charge is 0.296 e. The fourth-order valence-electron chi connectivity index (χ4n) is 1.09. The van der Waals surface area contributed by atoms with Crippen LogP contribution < -0.4 is 5.76 Å². The first-order valence-electron chi connectivity index (χ1n) is 3.99. The van der Waals surface area contributed by atoms with Gasteiger partial charge in [0.1, 0.15) is 0 Å². The molecule has 1 heterocycles. The summed E-state index contributed by atoms with van der Waals surface area (Å²) in [6.07, 6.45) is 0. The molecule has 0 unspecified atom stereocenters. The van der Waals surface area contributed by atoms with Crippen LogP contribution in [0.4, 0.5) is 0 Å². The molecule has 2 aromatic rings. The second-order valence-electron chi connectivity index (χ2n) is 2.91. The van der Waals surface area contributed by atoms with Crippen molar-refractivity contribution in [2.45, 2.75) is 6.92 Å². The summed E-state index contributed by atoms with van der Waals surface area (Å²) in [6.45, 7) is 1.99. The number of rotatable bonds is 1. The number of benzene rings is 1. The molecular weight excluding hydrogens is 248 g/mol. The number of nitrogens with zero attached hydrogens (tertiary/aromatic N) is 1. The maximum Gasteiger partial charge on any atom is 0.439 e. The summed E-state index contributed by atoms with van der Waals surface area (Å²) in [5, 5.41) is 3.59. The molecular formula is C9H7BrN2O2.